The van der Waals surface area contributed by atoms with Gasteiger partial charge in [-0.15, -0.1) is 0 Å². The number of allylic oxidation sites excluding steroid dienone is 3. The minimum atomic E-state index is -1.90. The summed E-state index contributed by atoms with van der Waals surface area (Å²) in [7, 11) is 9.45. The van der Waals surface area contributed by atoms with Gasteiger partial charge < -0.3 is 59.1 Å². The van der Waals surface area contributed by atoms with Crippen LogP contribution in [0.1, 0.15) is 58.2 Å². The molecule has 408 valence electrons. The molecule has 8 unspecified atom stereocenters. The van der Waals surface area contributed by atoms with Crippen molar-refractivity contribution < 1.29 is 62.4 Å². The Hall–Kier alpha value is -6.56. The number of benzene rings is 2. The van der Waals surface area contributed by atoms with Crippen LogP contribution >= 0.6 is 11.6 Å². The minimum absolute atomic E-state index is 0.100. The van der Waals surface area contributed by atoms with Crippen LogP contribution in [0.2, 0.25) is 5.02 Å². The van der Waals surface area contributed by atoms with Crippen LogP contribution in [0.3, 0.4) is 0 Å². The third-order valence-electron chi connectivity index (χ3n) is 14.1. The summed E-state index contributed by atoms with van der Waals surface area (Å²) in [6.45, 7) is 6.25. The van der Waals surface area contributed by atoms with E-state index in [4.69, 9.17) is 35.3 Å². The van der Waals surface area contributed by atoms with Gasteiger partial charge >= 0.3 is 12.1 Å². The number of aryl methyl sites for hydroxylation is 1. The molecule has 2 saturated heterocycles. The van der Waals surface area contributed by atoms with Gasteiger partial charge in [0.05, 0.1) is 51.5 Å². The number of amides is 6. The van der Waals surface area contributed by atoms with Gasteiger partial charge in [0.15, 0.2) is 5.72 Å². The average molecular weight is 1060 g/mol. The molecular weight excluding hydrogens is 994 g/mol. The molecule has 3 aliphatic rings. The van der Waals surface area contributed by atoms with Crippen LogP contribution in [-0.4, -0.2) is 165 Å². The molecule has 0 spiro atoms. The van der Waals surface area contributed by atoms with Crippen molar-refractivity contribution in [3.8, 4) is 5.75 Å². The Morgan fingerprint density at radius 2 is 1.69 bits per heavy atom. The number of aromatic nitrogens is 1. The summed E-state index contributed by atoms with van der Waals surface area (Å²) in [6, 6.07) is 12.2. The number of rotatable bonds is 17. The normalized spacial score (nSPS) is 24.3. The summed E-state index contributed by atoms with van der Waals surface area (Å²) in [6.07, 6.45) is 0.266. The zero-order valence-corrected chi connectivity index (χ0v) is 44.9. The molecule has 2 aromatic carbocycles. The number of nitrogens with zero attached hydrogens (tertiary/aromatic N) is 4. The topological polar surface area (TPSA) is 264 Å². The molecule has 0 saturated carbocycles. The van der Waals surface area contributed by atoms with E-state index < -0.39 is 103 Å². The second-order valence-electron chi connectivity index (χ2n) is 19.4. The van der Waals surface area contributed by atoms with Crippen molar-refractivity contribution in [2.45, 2.75) is 108 Å². The Kier molecular flexibility index (Phi) is 19.1. The van der Waals surface area contributed by atoms with Crippen LogP contribution in [0, 0.1) is 5.92 Å². The van der Waals surface area contributed by atoms with E-state index in [9.17, 15) is 38.7 Å². The van der Waals surface area contributed by atoms with Crippen molar-refractivity contribution >= 4 is 69.8 Å². The number of hydrogen-bond acceptors (Lipinski definition) is 15. The van der Waals surface area contributed by atoms with E-state index in [1.54, 1.807) is 38.1 Å². The number of methoxy groups -OCH3 is 2. The molecule has 1 aromatic heterocycles. The average Bonchev–Trinajstić information content (AvgIpc) is 3.96. The molecule has 75 heavy (non-hydrogen) atoms. The highest BCUT2D eigenvalue weighted by atomic mass is 35.5. The van der Waals surface area contributed by atoms with Crippen LogP contribution in [0.25, 0.3) is 10.9 Å². The highest BCUT2D eigenvalue weighted by Gasteiger charge is 2.64. The molecule has 3 aliphatic heterocycles. The Morgan fingerprint density at radius 3 is 2.37 bits per heavy atom. The maximum atomic E-state index is 14.3. The van der Waals surface area contributed by atoms with Gasteiger partial charge in [-0.1, -0.05) is 60.5 Å². The molecule has 6 N–H and O–H groups in total. The molecule has 6 amide bonds. The third kappa shape index (κ3) is 14.0. The van der Waals surface area contributed by atoms with Crippen molar-refractivity contribution in [1.82, 2.24) is 41.2 Å². The standard InChI is InChI=1S/C52H70ClN9O13/c1-30-14-13-17-40(72-10)52(70)25-39(73-50(69)58-52)31(2)48-51(4,75-48)41(24-45(66)61(8)37-21-33(20-30)22-38(71-9)47(37)53)74-49(68)32(3)60(7)46(67)28-57-44(65)27-56-43(64)26-55-42(63)18-19-62-35(29-59(6)54-5)23-34-15-11-12-16-36(34)62/h11-17,21-23,31-32,39-41,48,54,70H,18-20,24-29H2,1-10H3,(H,55,63)(H,56,64)(H,57,65)(H,58,69). The second kappa shape index (κ2) is 24.9. The fourth-order valence-electron chi connectivity index (χ4n) is 9.29. The summed E-state index contributed by atoms with van der Waals surface area (Å²) in [5, 5.41) is 24.9. The Labute approximate surface area is 441 Å². The number of aliphatic hydroxyl groups is 1. The first-order valence-corrected chi connectivity index (χ1v) is 25.0. The number of para-hydroxylation sites is 1. The fourth-order valence-corrected chi connectivity index (χ4v) is 9.60. The molecule has 0 aliphatic carbocycles. The zero-order valence-electron chi connectivity index (χ0n) is 44.1. The number of halogens is 1. The van der Waals surface area contributed by atoms with Gasteiger partial charge in [-0.25, -0.2) is 14.6 Å². The maximum absolute atomic E-state index is 14.3. The lowest BCUT2D eigenvalue weighted by molar-refractivity contribution is -0.161. The number of hydrogen-bond donors (Lipinski definition) is 6. The number of esters is 1. The van der Waals surface area contributed by atoms with Crippen LogP contribution in [0.4, 0.5) is 10.5 Å². The molecular formula is C52H70ClN9O13. The number of fused-ring (bicyclic) bond motifs is 6. The van der Waals surface area contributed by atoms with E-state index in [0.29, 0.717) is 30.9 Å². The van der Waals surface area contributed by atoms with Gasteiger partial charge in [-0.05, 0) is 69.5 Å². The molecule has 0 radical (unpaired) electrons. The van der Waals surface area contributed by atoms with Gasteiger partial charge in [-0.3, -0.25) is 34.7 Å². The van der Waals surface area contributed by atoms with E-state index in [2.05, 4.69) is 37.3 Å². The quantitative estimate of drug-likeness (QED) is 0.0645. The molecule has 4 bridgehead atoms. The van der Waals surface area contributed by atoms with Crippen LogP contribution in [0.5, 0.6) is 5.75 Å². The molecule has 3 aromatic rings. The lowest BCUT2D eigenvalue weighted by Gasteiger charge is -2.42. The molecule has 22 nitrogen and oxygen atoms in total. The predicted molar refractivity (Wildman–Crippen MR) is 277 cm³/mol. The maximum Gasteiger partial charge on any atom is 0.409 e. The number of epoxide rings is 1. The summed E-state index contributed by atoms with van der Waals surface area (Å²) in [5.41, 5.74) is 3.78. The minimum Gasteiger partial charge on any atom is -0.495 e. The van der Waals surface area contributed by atoms with Gasteiger partial charge in [0.25, 0.3) is 0 Å². The third-order valence-corrected chi connectivity index (χ3v) is 14.5. The SMILES string of the molecule is CNN(C)Cc1cc2ccccc2n1CCC(=O)NCC(=O)NCC(=O)NCC(=O)N(C)C(C)C(=O)OC1CC(=O)N(C)c2cc(cc(OC)c2Cl)CC(C)=CC=CC(OC)C2(O)CC(OC(=O)N2)C(C)C2OC12C. The Morgan fingerprint density at radius 1 is 1.01 bits per heavy atom. The first kappa shape index (κ1) is 57.7. The number of hydrazine groups is 1. The monoisotopic (exact) mass is 1060 g/mol. The molecule has 2 fully saturated rings. The smallest absolute Gasteiger partial charge is 0.409 e. The van der Waals surface area contributed by atoms with Crippen molar-refractivity contribution in [2.75, 3.05) is 66.9 Å². The molecule has 6 rings (SSSR count). The number of alkyl carbamates (subject to hydrolysis) is 1. The van der Waals surface area contributed by atoms with E-state index in [0.717, 1.165) is 32.6 Å². The first-order chi connectivity index (χ1) is 35.5. The summed E-state index contributed by atoms with van der Waals surface area (Å²) in [4.78, 5) is 95.3. The summed E-state index contributed by atoms with van der Waals surface area (Å²) < 4.78 is 31.3. The van der Waals surface area contributed by atoms with Crippen LogP contribution < -0.4 is 36.3 Å². The van der Waals surface area contributed by atoms with E-state index in [-0.39, 0.29) is 30.3 Å². The summed E-state index contributed by atoms with van der Waals surface area (Å²) in [5.74, 6) is -4.11. The van der Waals surface area contributed by atoms with Crippen LogP contribution in [-0.2, 0) is 67.2 Å². The highest BCUT2D eigenvalue weighted by molar-refractivity contribution is 6.35. The fraction of sp³-hybridized carbons (Fsp3) is 0.519. The van der Waals surface area contributed by atoms with E-state index >= 15 is 0 Å². The number of likely N-dealkylation sites (N-methyl/N-ethyl adjacent to an activating group) is 1. The molecule has 4 heterocycles. The Bertz CT molecular complexity index is 2700. The second-order valence-corrected chi connectivity index (χ2v) is 19.8. The van der Waals surface area contributed by atoms with Crippen molar-refractivity contribution in [3.05, 3.63) is 82.5 Å². The van der Waals surface area contributed by atoms with Gasteiger partial charge in [0, 0.05) is 64.8 Å². The van der Waals surface area contributed by atoms with E-state index in [1.165, 1.54) is 40.1 Å². The number of nitrogens with one attached hydrogen (secondary N) is 5. The van der Waals surface area contributed by atoms with Crippen molar-refractivity contribution in [1.29, 1.82) is 0 Å². The lowest BCUT2D eigenvalue weighted by Crippen LogP contribution is -2.63. The first-order valence-electron chi connectivity index (χ1n) is 24.6. The molecule has 8 atom stereocenters. The number of anilines is 1. The summed E-state index contributed by atoms with van der Waals surface area (Å²) >= 11 is 6.80. The highest BCUT2D eigenvalue weighted by Crippen LogP contribution is 2.49. The predicted octanol–water partition coefficient (Wildman–Crippen LogP) is 2.47. The van der Waals surface area contributed by atoms with E-state index in [1.807, 2.05) is 56.4 Å². The number of ether oxygens (including phenoxy) is 5. The van der Waals surface area contributed by atoms with Crippen LogP contribution in [0.15, 0.2) is 66.3 Å². The van der Waals surface area contributed by atoms with Crippen molar-refractivity contribution in [2.24, 2.45) is 5.92 Å². The van der Waals surface area contributed by atoms with Gasteiger partial charge in [0.1, 0.15) is 40.7 Å². The van der Waals surface area contributed by atoms with Gasteiger partial charge in [0.2, 0.25) is 29.5 Å². The van der Waals surface area contributed by atoms with Crippen molar-refractivity contribution in [3.63, 3.8) is 0 Å². The van der Waals surface area contributed by atoms with Gasteiger partial charge in [-0.2, -0.15) is 0 Å². The zero-order chi connectivity index (χ0) is 54.9. The molecule has 23 heteroatoms. The number of carbonyl (C=O) groups is 7. The number of carbonyl (C=O) groups excluding carboxylic acids is 7. The Balaban J connectivity index is 1.07. The lowest BCUT2D eigenvalue weighted by atomic mass is 9.83. The largest absolute Gasteiger partial charge is 0.495 e.